The first-order valence-electron chi connectivity index (χ1n) is 13.1. The molecule has 0 saturated carbocycles. The number of nitrogens with one attached hydrogen (secondary N) is 1. The predicted octanol–water partition coefficient (Wildman–Crippen LogP) is 3.61. The maximum Gasteiger partial charge on any atom is 0.418 e. The summed E-state index contributed by atoms with van der Waals surface area (Å²) in [4.78, 5) is 15.5. The summed E-state index contributed by atoms with van der Waals surface area (Å²) in [6.07, 6.45) is 0.165. The van der Waals surface area contributed by atoms with E-state index in [-0.39, 0.29) is 25.1 Å². The smallest absolute Gasteiger partial charge is 0.418 e. The van der Waals surface area contributed by atoms with E-state index in [1.807, 2.05) is 0 Å². The molecule has 37 heavy (non-hydrogen) atoms. The largest absolute Gasteiger partial charge is 0.462 e. The van der Waals surface area contributed by atoms with Gasteiger partial charge in [0.05, 0.1) is 23.5 Å². The van der Waals surface area contributed by atoms with Crippen molar-refractivity contribution >= 4 is 11.5 Å². The quantitative estimate of drug-likeness (QED) is 0.605. The van der Waals surface area contributed by atoms with E-state index in [2.05, 4.69) is 27.1 Å². The number of likely N-dealkylation sites (tertiary alicyclic amines) is 1. The van der Waals surface area contributed by atoms with E-state index in [9.17, 15) is 17.6 Å². The van der Waals surface area contributed by atoms with Crippen molar-refractivity contribution in [3.8, 4) is 6.01 Å². The zero-order valence-electron chi connectivity index (χ0n) is 20.9. The molecule has 3 fully saturated rings. The molecule has 4 aliphatic rings. The highest BCUT2D eigenvalue weighted by Crippen LogP contribution is 2.40. The van der Waals surface area contributed by atoms with Gasteiger partial charge in [0.15, 0.2) is 0 Å². The van der Waals surface area contributed by atoms with Gasteiger partial charge in [0.1, 0.15) is 18.2 Å². The highest BCUT2D eigenvalue weighted by atomic mass is 19.4. The van der Waals surface area contributed by atoms with Crippen molar-refractivity contribution in [2.24, 2.45) is 0 Å². The van der Waals surface area contributed by atoms with Crippen LogP contribution in [0.1, 0.15) is 42.5 Å². The van der Waals surface area contributed by atoms with Crippen LogP contribution < -0.4 is 19.9 Å². The van der Waals surface area contributed by atoms with Crippen LogP contribution in [0.3, 0.4) is 0 Å². The molecule has 2 bridgehead atoms. The summed E-state index contributed by atoms with van der Waals surface area (Å²) in [6.45, 7) is 3.43. The minimum Gasteiger partial charge on any atom is -0.462 e. The van der Waals surface area contributed by atoms with Crippen LogP contribution in [0.4, 0.5) is 29.1 Å². The molecule has 0 amide bonds. The number of benzene rings is 1. The van der Waals surface area contributed by atoms with Crippen LogP contribution in [0.5, 0.6) is 6.01 Å². The van der Waals surface area contributed by atoms with Gasteiger partial charge in [-0.15, -0.1) is 0 Å². The Labute approximate surface area is 213 Å². The van der Waals surface area contributed by atoms with Gasteiger partial charge in [-0.05, 0) is 57.8 Å². The maximum absolute atomic E-state index is 14.8. The molecule has 1 aromatic heterocycles. The number of alkyl halides is 3. The van der Waals surface area contributed by atoms with Crippen LogP contribution in [0.25, 0.3) is 0 Å². The summed E-state index contributed by atoms with van der Waals surface area (Å²) in [5.74, 6) is -0.0746. The lowest BCUT2D eigenvalue weighted by Crippen LogP contribution is -2.52. The van der Waals surface area contributed by atoms with Gasteiger partial charge in [0, 0.05) is 43.3 Å². The number of likely N-dealkylation sites (N-methyl/N-ethyl adjacent to an activating group) is 1. The topological polar surface area (TPSA) is 56.8 Å². The van der Waals surface area contributed by atoms with Crippen LogP contribution in [-0.2, 0) is 19.1 Å². The fraction of sp³-hybridized carbons (Fsp3) is 0.615. The number of nitrogens with zero attached hydrogens (tertiary/aromatic N) is 5. The minimum absolute atomic E-state index is 0.0630. The SMILES string of the molecule is CN1CCC[C@H]1COc1nc2c(c(N3CC4CCC(C3)N4)n1)CCN(c1c(F)cccc1C(F)(F)F)C2. The predicted molar refractivity (Wildman–Crippen MR) is 131 cm³/mol. The summed E-state index contributed by atoms with van der Waals surface area (Å²) in [5, 5.41) is 3.63. The van der Waals surface area contributed by atoms with Crippen LogP contribution >= 0.6 is 0 Å². The maximum atomic E-state index is 14.8. The zero-order valence-corrected chi connectivity index (χ0v) is 20.9. The summed E-state index contributed by atoms with van der Waals surface area (Å²) in [7, 11) is 2.07. The lowest BCUT2D eigenvalue weighted by atomic mass is 10.0. The molecule has 11 heteroatoms. The third-order valence-corrected chi connectivity index (χ3v) is 8.22. The van der Waals surface area contributed by atoms with Gasteiger partial charge in [-0.3, -0.25) is 0 Å². The molecule has 3 saturated heterocycles. The lowest BCUT2D eigenvalue weighted by molar-refractivity contribution is -0.137. The third-order valence-electron chi connectivity index (χ3n) is 8.22. The number of halogens is 4. The molecule has 0 spiro atoms. The molecular formula is C26H32F4N6O. The van der Waals surface area contributed by atoms with Crippen molar-refractivity contribution in [2.45, 2.75) is 63.0 Å². The van der Waals surface area contributed by atoms with Crippen LogP contribution in [0.15, 0.2) is 18.2 Å². The molecule has 0 aliphatic carbocycles. The molecule has 1 aromatic carbocycles. The number of hydrogen-bond acceptors (Lipinski definition) is 7. The first kappa shape index (κ1) is 24.7. The highest BCUT2D eigenvalue weighted by Gasteiger charge is 2.39. The number of rotatable bonds is 5. The van der Waals surface area contributed by atoms with Crippen molar-refractivity contribution in [3.63, 3.8) is 0 Å². The molecule has 4 aliphatic heterocycles. The number of piperazine rings is 1. The van der Waals surface area contributed by atoms with Crippen molar-refractivity contribution in [1.82, 2.24) is 20.2 Å². The summed E-state index contributed by atoms with van der Waals surface area (Å²) >= 11 is 0. The van der Waals surface area contributed by atoms with Gasteiger partial charge in [-0.25, -0.2) is 4.39 Å². The number of fused-ring (bicyclic) bond motifs is 3. The van der Waals surface area contributed by atoms with E-state index in [0.717, 1.165) is 74.9 Å². The molecule has 5 heterocycles. The normalized spacial score (nSPS) is 26.0. The van der Waals surface area contributed by atoms with Crippen LogP contribution in [-0.4, -0.2) is 72.8 Å². The Morgan fingerprint density at radius 2 is 1.84 bits per heavy atom. The third kappa shape index (κ3) is 4.83. The second-order valence-electron chi connectivity index (χ2n) is 10.7. The van der Waals surface area contributed by atoms with E-state index >= 15 is 0 Å². The number of para-hydroxylation sites is 1. The van der Waals surface area contributed by atoms with Crippen molar-refractivity contribution in [2.75, 3.05) is 49.6 Å². The molecule has 3 atom stereocenters. The molecule has 2 aromatic rings. The van der Waals surface area contributed by atoms with Gasteiger partial charge < -0.3 is 24.8 Å². The average Bonchev–Trinajstić information content (AvgIpc) is 3.44. The Morgan fingerprint density at radius 3 is 2.54 bits per heavy atom. The van der Waals surface area contributed by atoms with Gasteiger partial charge >= 0.3 is 12.2 Å². The van der Waals surface area contributed by atoms with E-state index < -0.39 is 23.2 Å². The monoisotopic (exact) mass is 520 g/mol. The Kier molecular flexibility index (Phi) is 6.38. The number of hydrogen-bond donors (Lipinski definition) is 1. The first-order chi connectivity index (χ1) is 17.8. The Bertz CT molecular complexity index is 1150. The molecule has 7 nitrogen and oxygen atoms in total. The van der Waals surface area contributed by atoms with Gasteiger partial charge in [-0.1, -0.05) is 6.07 Å². The summed E-state index contributed by atoms with van der Waals surface area (Å²) < 4.78 is 62.1. The average molecular weight is 521 g/mol. The summed E-state index contributed by atoms with van der Waals surface area (Å²) in [5.41, 5.74) is 0.141. The minimum atomic E-state index is -4.66. The van der Waals surface area contributed by atoms with E-state index in [4.69, 9.17) is 9.72 Å². The summed E-state index contributed by atoms with van der Waals surface area (Å²) in [6, 6.07) is 4.43. The van der Waals surface area contributed by atoms with E-state index in [0.29, 0.717) is 30.8 Å². The molecule has 200 valence electrons. The molecule has 2 unspecified atom stereocenters. The molecular weight excluding hydrogens is 488 g/mol. The van der Waals surface area contributed by atoms with Gasteiger partial charge in [0.25, 0.3) is 0 Å². The van der Waals surface area contributed by atoms with Gasteiger partial charge in [-0.2, -0.15) is 23.1 Å². The standard InChI is InChI=1S/C26H32F4N6O/c1-34-10-3-4-18(34)15-37-25-32-22-14-35(23-20(26(28,29)30)5-2-6-21(23)27)11-9-19(22)24(33-25)36-12-16-7-8-17(13-36)31-16/h2,5-6,16-18,31H,3-4,7-15H2,1H3/t16?,17?,18-/m0/s1. The Morgan fingerprint density at radius 1 is 1.05 bits per heavy atom. The van der Waals surface area contributed by atoms with E-state index in [1.165, 1.54) is 4.90 Å². The number of aromatic nitrogens is 2. The number of ether oxygens (including phenoxy) is 1. The second-order valence-corrected chi connectivity index (χ2v) is 10.7. The second kappa shape index (κ2) is 9.58. The van der Waals surface area contributed by atoms with Crippen molar-refractivity contribution in [1.29, 1.82) is 0 Å². The molecule has 0 radical (unpaired) electrons. The lowest BCUT2D eigenvalue weighted by Gasteiger charge is -2.38. The fourth-order valence-corrected chi connectivity index (χ4v) is 6.30. The zero-order chi connectivity index (χ0) is 25.7. The molecule has 1 N–H and O–H groups in total. The van der Waals surface area contributed by atoms with Gasteiger partial charge in [0.2, 0.25) is 0 Å². The van der Waals surface area contributed by atoms with Crippen molar-refractivity contribution < 1.29 is 22.3 Å². The van der Waals surface area contributed by atoms with E-state index in [1.54, 1.807) is 0 Å². The molecule has 6 rings (SSSR count). The van der Waals surface area contributed by atoms with Crippen LogP contribution in [0, 0.1) is 5.82 Å². The van der Waals surface area contributed by atoms with Crippen molar-refractivity contribution in [3.05, 3.63) is 40.8 Å². The van der Waals surface area contributed by atoms with Crippen LogP contribution in [0.2, 0.25) is 0 Å². The first-order valence-corrected chi connectivity index (χ1v) is 13.1. The Balaban J connectivity index is 1.34. The Hall–Kier alpha value is -2.66. The highest BCUT2D eigenvalue weighted by molar-refractivity contribution is 5.60. The fourth-order valence-electron chi connectivity index (χ4n) is 6.30. The number of anilines is 2.